The van der Waals surface area contributed by atoms with Crippen LogP contribution in [0.5, 0.6) is 0 Å². The Balaban J connectivity index is 5.24. The highest BCUT2D eigenvalue weighted by molar-refractivity contribution is 7.47. The average molecular weight is 1240 g/mol. The van der Waals surface area contributed by atoms with Crippen LogP contribution in [-0.2, 0) is 65.4 Å². The number of ether oxygens (including phenoxy) is 4. The molecule has 84 heavy (non-hydrogen) atoms. The van der Waals surface area contributed by atoms with Crippen molar-refractivity contribution >= 4 is 39.5 Å². The highest BCUT2D eigenvalue weighted by atomic mass is 31.2. The number of phosphoric ester groups is 2. The Morgan fingerprint density at radius 2 is 0.571 bits per heavy atom. The summed E-state index contributed by atoms with van der Waals surface area (Å²) in [5.41, 5.74) is 0. The van der Waals surface area contributed by atoms with Crippen molar-refractivity contribution in [1.29, 1.82) is 0 Å². The van der Waals surface area contributed by atoms with Gasteiger partial charge in [-0.1, -0.05) is 261 Å². The maximum atomic E-state index is 13.0. The van der Waals surface area contributed by atoms with Crippen molar-refractivity contribution in [2.45, 2.75) is 331 Å². The standard InChI is InChI=1S/C65H126O17P2/c1-9-58(8)44-36-28-22-24-30-38-46-63(68)76-52-60(81-64(69)47-39-31-20-14-12-10-11-13-17-25-33-41-55(2)3)53-79-83(71,72)77-49-59(66)50-78-84(73,74)80-54-61(82-65(70)48-40-32-23-21-27-35-43-57(6)7)51-75-62(67)45-37-29-19-16-15-18-26-34-42-56(4)5/h55-61,66H,9-54H2,1-8H3,(H,71,72)(H,73,74)/t58?,59-,60+,61+/m0/s1. The summed E-state index contributed by atoms with van der Waals surface area (Å²) < 4.78 is 68.0. The Morgan fingerprint density at radius 3 is 0.845 bits per heavy atom. The van der Waals surface area contributed by atoms with E-state index in [-0.39, 0.29) is 25.7 Å². The van der Waals surface area contributed by atoms with Gasteiger partial charge in [-0.2, -0.15) is 0 Å². The first-order valence-corrected chi connectivity index (χ1v) is 36.7. The first-order valence-electron chi connectivity index (χ1n) is 33.7. The fourth-order valence-electron chi connectivity index (χ4n) is 9.57. The Hall–Kier alpha value is -1.94. The smallest absolute Gasteiger partial charge is 0.462 e. The molecule has 3 unspecified atom stereocenters. The van der Waals surface area contributed by atoms with Crippen molar-refractivity contribution in [1.82, 2.24) is 0 Å². The molecule has 0 fully saturated rings. The Kier molecular flexibility index (Phi) is 53.9. The molecule has 3 N–H and O–H groups in total. The molecule has 0 aliphatic carbocycles. The lowest BCUT2D eigenvalue weighted by Gasteiger charge is -2.21. The molecule has 19 heteroatoms. The monoisotopic (exact) mass is 1240 g/mol. The fraction of sp³-hybridized carbons (Fsp3) is 0.938. The van der Waals surface area contributed by atoms with Gasteiger partial charge in [-0.05, 0) is 49.4 Å². The predicted octanol–water partition coefficient (Wildman–Crippen LogP) is 17.8. The number of unbranched alkanes of at least 4 members (excludes halogenated alkanes) is 27. The Morgan fingerprint density at radius 1 is 0.333 bits per heavy atom. The Bertz CT molecular complexity index is 1680. The molecule has 0 aromatic carbocycles. The van der Waals surface area contributed by atoms with E-state index in [2.05, 4.69) is 55.4 Å². The van der Waals surface area contributed by atoms with Gasteiger partial charge in [-0.3, -0.25) is 37.3 Å². The molecule has 0 aliphatic heterocycles. The van der Waals surface area contributed by atoms with Crippen molar-refractivity contribution in [3.8, 4) is 0 Å². The van der Waals surface area contributed by atoms with Gasteiger partial charge in [0.1, 0.15) is 19.3 Å². The van der Waals surface area contributed by atoms with Crippen molar-refractivity contribution in [3.63, 3.8) is 0 Å². The van der Waals surface area contributed by atoms with Gasteiger partial charge in [0.2, 0.25) is 0 Å². The van der Waals surface area contributed by atoms with Crippen molar-refractivity contribution in [3.05, 3.63) is 0 Å². The molecule has 0 saturated heterocycles. The molecule has 0 heterocycles. The summed E-state index contributed by atoms with van der Waals surface area (Å²) in [4.78, 5) is 72.2. The maximum absolute atomic E-state index is 13.0. The zero-order chi connectivity index (χ0) is 62.5. The van der Waals surface area contributed by atoms with Crippen LogP contribution in [0.2, 0.25) is 0 Å². The summed E-state index contributed by atoms with van der Waals surface area (Å²) in [6, 6.07) is 0. The molecular formula is C65H126O17P2. The third-order valence-electron chi connectivity index (χ3n) is 15.2. The van der Waals surface area contributed by atoms with Crippen molar-refractivity contribution < 1.29 is 80.2 Å². The number of hydrogen-bond acceptors (Lipinski definition) is 15. The van der Waals surface area contributed by atoms with Crippen LogP contribution in [0, 0.1) is 23.7 Å². The van der Waals surface area contributed by atoms with Crippen LogP contribution in [0.3, 0.4) is 0 Å². The summed E-state index contributed by atoms with van der Waals surface area (Å²) >= 11 is 0. The Labute approximate surface area is 511 Å². The molecular weight excluding hydrogens is 1110 g/mol. The van der Waals surface area contributed by atoms with E-state index in [1.54, 1.807) is 0 Å². The van der Waals surface area contributed by atoms with Crippen LogP contribution in [0.15, 0.2) is 0 Å². The molecule has 0 radical (unpaired) electrons. The molecule has 498 valence electrons. The van der Waals surface area contributed by atoms with E-state index in [1.165, 1.54) is 109 Å². The molecule has 6 atom stereocenters. The number of carbonyl (C=O) groups excluding carboxylic acids is 4. The average Bonchev–Trinajstić information content (AvgIpc) is 3.48. The van der Waals surface area contributed by atoms with Gasteiger partial charge in [-0.15, -0.1) is 0 Å². The predicted molar refractivity (Wildman–Crippen MR) is 335 cm³/mol. The van der Waals surface area contributed by atoms with E-state index in [1.807, 2.05) is 0 Å². The molecule has 0 aromatic heterocycles. The quantitative estimate of drug-likeness (QED) is 0.0222. The van der Waals surface area contributed by atoms with E-state index < -0.39 is 97.5 Å². The highest BCUT2D eigenvalue weighted by Crippen LogP contribution is 2.45. The highest BCUT2D eigenvalue weighted by Gasteiger charge is 2.30. The van der Waals surface area contributed by atoms with Crippen LogP contribution in [0.25, 0.3) is 0 Å². The van der Waals surface area contributed by atoms with Crippen molar-refractivity contribution in [2.75, 3.05) is 39.6 Å². The van der Waals surface area contributed by atoms with Gasteiger partial charge in [0.05, 0.1) is 26.4 Å². The lowest BCUT2D eigenvalue weighted by Crippen LogP contribution is -2.30. The second-order valence-electron chi connectivity index (χ2n) is 25.2. The third-order valence-corrected chi connectivity index (χ3v) is 17.1. The summed E-state index contributed by atoms with van der Waals surface area (Å²) in [5, 5.41) is 10.5. The van der Waals surface area contributed by atoms with Gasteiger partial charge in [0, 0.05) is 25.7 Å². The van der Waals surface area contributed by atoms with Crippen LogP contribution in [0.4, 0.5) is 0 Å². The minimum absolute atomic E-state index is 0.101. The normalized spacial score (nSPS) is 14.7. The number of aliphatic hydroxyl groups is 1. The van der Waals surface area contributed by atoms with Crippen LogP contribution in [-0.4, -0.2) is 96.7 Å². The van der Waals surface area contributed by atoms with E-state index in [9.17, 15) is 43.2 Å². The van der Waals surface area contributed by atoms with E-state index >= 15 is 0 Å². The van der Waals surface area contributed by atoms with Gasteiger partial charge in [-0.25, -0.2) is 9.13 Å². The van der Waals surface area contributed by atoms with Crippen LogP contribution < -0.4 is 0 Å². The number of rotatable bonds is 62. The minimum atomic E-state index is -4.95. The second-order valence-corrected chi connectivity index (χ2v) is 28.1. The molecule has 0 rings (SSSR count). The summed E-state index contributed by atoms with van der Waals surface area (Å²) in [5.74, 6) is 0.750. The zero-order valence-corrected chi connectivity index (χ0v) is 56.3. The largest absolute Gasteiger partial charge is 0.472 e. The summed E-state index contributed by atoms with van der Waals surface area (Å²) in [6.45, 7) is 13.9. The van der Waals surface area contributed by atoms with Gasteiger partial charge >= 0.3 is 39.5 Å². The van der Waals surface area contributed by atoms with Gasteiger partial charge < -0.3 is 33.8 Å². The summed E-state index contributed by atoms with van der Waals surface area (Å²) in [7, 11) is -9.89. The molecule has 0 spiro atoms. The first kappa shape index (κ1) is 82.1. The van der Waals surface area contributed by atoms with E-state index in [0.29, 0.717) is 31.6 Å². The molecule has 0 bridgehead atoms. The molecule has 0 saturated carbocycles. The third kappa shape index (κ3) is 57.8. The first-order chi connectivity index (χ1) is 40.1. The molecule has 17 nitrogen and oxygen atoms in total. The van der Waals surface area contributed by atoms with Gasteiger partial charge in [0.15, 0.2) is 12.2 Å². The van der Waals surface area contributed by atoms with Crippen molar-refractivity contribution in [2.24, 2.45) is 23.7 Å². The number of aliphatic hydroxyl groups excluding tert-OH is 1. The van der Waals surface area contributed by atoms with Crippen LogP contribution >= 0.6 is 15.6 Å². The topological polar surface area (TPSA) is 237 Å². The SMILES string of the molecule is CCC(C)CCCCCCCCC(=O)OC[C@H](COP(=O)(O)OC[C@H](O)COP(=O)(O)OC[C@@H](COC(=O)CCCCCCCCCCC(C)C)OC(=O)CCCCCCCCC(C)C)OC(=O)CCCCCCCCCCCCCC(C)C. The molecule has 0 amide bonds. The fourth-order valence-corrected chi connectivity index (χ4v) is 11.2. The lowest BCUT2D eigenvalue weighted by molar-refractivity contribution is -0.161. The molecule has 0 aromatic rings. The van der Waals surface area contributed by atoms with Gasteiger partial charge in [0.25, 0.3) is 0 Å². The number of carbonyl (C=O) groups is 4. The maximum Gasteiger partial charge on any atom is 0.472 e. The molecule has 0 aliphatic rings. The zero-order valence-electron chi connectivity index (χ0n) is 54.5. The number of hydrogen-bond donors (Lipinski definition) is 3. The summed E-state index contributed by atoms with van der Waals surface area (Å²) in [6.07, 6.45) is 35.0. The van der Waals surface area contributed by atoms with Crippen LogP contribution in [0.1, 0.15) is 312 Å². The lowest BCUT2D eigenvalue weighted by atomic mass is 10.00. The van der Waals surface area contributed by atoms with E-state index in [4.69, 9.17) is 37.0 Å². The van der Waals surface area contributed by atoms with E-state index in [0.717, 1.165) is 114 Å². The number of phosphoric acid groups is 2. The second kappa shape index (κ2) is 55.2. The number of esters is 4. The minimum Gasteiger partial charge on any atom is -0.462 e.